The van der Waals surface area contributed by atoms with Crippen molar-refractivity contribution in [2.75, 3.05) is 13.1 Å². The van der Waals surface area contributed by atoms with Gasteiger partial charge in [0, 0.05) is 0 Å². The van der Waals surface area contributed by atoms with E-state index in [1.54, 1.807) is 0 Å². The average Bonchev–Trinajstić information content (AvgIpc) is 2.11. The summed E-state index contributed by atoms with van der Waals surface area (Å²) in [5, 5.41) is 4.53. The first-order chi connectivity index (χ1) is 6.91. The summed E-state index contributed by atoms with van der Waals surface area (Å²) >= 11 is 0. The Labute approximate surface area is 87.4 Å². The summed E-state index contributed by atoms with van der Waals surface area (Å²) in [5.74, 6) is -1.45. The van der Waals surface area contributed by atoms with Crippen LogP contribution in [-0.2, 0) is 19.2 Å². The molecule has 0 unspecified atom stereocenters. The molecule has 6 nitrogen and oxygen atoms in total. The molecule has 2 N–H and O–H groups in total. The third kappa shape index (κ3) is 8.61. The molecule has 0 saturated heterocycles. The summed E-state index contributed by atoms with van der Waals surface area (Å²) in [6, 6.07) is 0. The molecule has 0 heterocycles. The van der Waals surface area contributed by atoms with Crippen molar-refractivity contribution in [3.8, 4) is 0 Å². The Bertz CT molecular complexity index is 258. The maximum absolute atomic E-state index is 11.0. The Morgan fingerprint density at radius 3 is 1.40 bits per heavy atom. The van der Waals surface area contributed by atoms with E-state index in [0.717, 1.165) is 0 Å². The second-order valence-electron chi connectivity index (χ2n) is 3.13. The van der Waals surface area contributed by atoms with Crippen LogP contribution in [0.4, 0.5) is 0 Å². The number of nitrogens with one attached hydrogen (secondary N) is 2. The van der Waals surface area contributed by atoms with Gasteiger partial charge in [0.2, 0.25) is 11.8 Å². The smallest absolute Gasteiger partial charge is 0.229 e. The lowest BCUT2D eigenvalue weighted by Gasteiger charge is -2.03. The van der Waals surface area contributed by atoms with Crippen LogP contribution in [0.1, 0.15) is 20.3 Å². The van der Waals surface area contributed by atoms with E-state index in [2.05, 4.69) is 10.6 Å². The van der Waals surface area contributed by atoms with E-state index in [9.17, 15) is 19.2 Å². The lowest BCUT2D eigenvalue weighted by atomic mass is 10.3. The molecule has 0 aromatic heterocycles. The van der Waals surface area contributed by atoms with E-state index in [0.29, 0.717) is 0 Å². The Balaban J connectivity index is 3.71. The lowest BCUT2D eigenvalue weighted by Crippen LogP contribution is -2.35. The van der Waals surface area contributed by atoms with Crippen molar-refractivity contribution in [1.82, 2.24) is 10.6 Å². The number of amides is 2. The summed E-state index contributed by atoms with van der Waals surface area (Å²) in [4.78, 5) is 43.0. The fraction of sp³-hybridized carbons (Fsp3) is 0.556. The summed E-state index contributed by atoms with van der Waals surface area (Å²) in [6.45, 7) is 2.49. The van der Waals surface area contributed by atoms with Crippen molar-refractivity contribution in [2.45, 2.75) is 20.3 Å². The van der Waals surface area contributed by atoms with Gasteiger partial charge in [-0.15, -0.1) is 0 Å². The quantitative estimate of drug-likeness (QED) is 0.542. The van der Waals surface area contributed by atoms with Gasteiger partial charge in [-0.2, -0.15) is 0 Å². The van der Waals surface area contributed by atoms with Crippen molar-refractivity contribution in [3.63, 3.8) is 0 Å². The molecule has 0 aromatic carbocycles. The molecular formula is C9H14N2O4. The van der Waals surface area contributed by atoms with Crippen molar-refractivity contribution in [1.29, 1.82) is 0 Å². The molecule has 0 aliphatic rings. The molecule has 0 aromatic rings. The molecule has 0 radical (unpaired) electrons. The summed E-state index contributed by atoms with van der Waals surface area (Å²) in [7, 11) is 0. The monoisotopic (exact) mass is 214 g/mol. The highest BCUT2D eigenvalue weighted by Crippen LogP contribution is 1.80. The minimum atomic E-state index is -0.536. The molecule has 0 bridgehead atoms. The molecule has 84 valence electrons. The molecule has 2 amide bonds. The number of carbonyl (C=O) groups excluding carboxylic acids is 4. The van der Waals surface area contributed by atoms with E-state index in [4.69, 9.17) is 0 Å². The molecule has 0 atom stereocenters. The highest BCUT2D eigenvalue weighted by Gasteiger charge is 2.09. The van der Waals surface area contributed by atoms with Crippen LogP contribution in [0.25, 0.3) is 0 Å². The Hall–Kier alpha value is -1.72. The predicted octanol–water partition coefficient (Wildman–Crippen LogP) is -1.21. The molecular weight excluding hydrogens is 200 g/mol. The summed E-state index contributed by atoms with van der Waals surface area (Å²) in [6.07, 6.45) is -0.374. The van der Waals surface area contributed by atoms with E-state index >= 15 is 0 Å². The lowest BCUT2D eigenvalue weighted by molar-refractivity contribution is -0.131. The normalized spacial score (nSPS) is 9.20. The van der Waals surface area contributed by atoms with Crippen LogP contribution in [0.3, 0.4) is 0 Å². The third-order valence-corrected chi connectivity index (χ3v) is 1.39. The maximum atomic E-state index is 11.0. The average molecular weight is 214 g/mol. The van der Waals surface area contributed by atoms with Crippen molar-refractivity contribution in [2.24, 2.45) is 0 Å². The number of carbonyl (C=O) groups is 4. The van der Waals surface area contributed by atoms with Crippen molar-refractivity contribution in [3.05, 3.63) is 0 Å². The number of ketones is 2. The Morgan fingerprint density at radius 2 is 1.13 bits per heavy atom. The number of Topliss-reactive ketones (excluding diaryl/α,β-unsaturated/α-hetero) is 2. The van der Waals surface area contributed by atoms with Gasteiger partial charge in [-0.05, 0) is 13.8 Å². The van der Waals surface area contributed by atoms with Gasteiger partial charge in [0.15, 0.2) is 0 Å². The minimum absolute atomic E-state index is 0.0845. The first kappa shape index (κ1) is 13.3. The van der Waals surface area contributed by atoms with Crippen LogP contribution >= 0.6 is 0 Å². The van der Waals surface area contributed by atoms with Gasteiger partial charge in [-0.1, -0.05) is 0 Å². The van der Waals surface area contributed by atoms with Gasteiger partial charge >= 0.3 is 0 Å². The maximum Gasteiger partial charge on any atom is 0.229 e. The molecule has 0 rings (SSSR count). The van der Waals surface area contributed by atoms with Crippen LogP contribution < -0.4 is 10.6 Å². The van der Waals surface area contributed by atoms with Gasteiger partial charge in [0.25, 0.3) is 0 Å². The fourth-order valence-corrected chi connectivity index (χ4v) is 0.717. The van der Waals surface area contributed by atoms with Gasteiger partial charge in [0.05, 0.1) is 13.1 Å². The third-order valence-electron chi connectivity index (χ3n) is 1.39. The van der Waals surface area contributed by atoms with Crippen LogP contribution in [0.2, 0.25) is 0 Å². The van der Waals surface area contributed by atoms with Crippen LogP contribution in [0.5, 0.6) is 0 Å². The van der Waals surface area contributed by atoms with Crippen molar-refractivity contribution >= 4 is 23.4 Å². The number of hydrogen-bond donors (Lipinski definition) is 2. The summed E-state index contributed by atoms with van der Waals surface area (Å²) < 4.78 is 0. The fourth-order valence-electron chi connectivity index (χ4n) is 0.717. The first-order valence-electron chi connectivity index (χ1n) is 4.44. The molecule has 15 heavy (non-hydrogen) atoms. The topological polar surface area (TPSA) is 92.3 Å². The zero-order chi connectivity index (χ0) is 11.8. The van der Waals surface area contributed by atoms with E-state index in [1.165, 1.54) is 13.8 Å². The predicted molar refractivity (Wildman–Crippen MR) is 52.0 cm³/mol. The molecule has 0 aliphatic carbocycles. The molecule has 0 fully saturated rings. The highest BCUT2D eigenvalue weighted by atomic mass is 16.2. The van der Waals surface area contributed by atoms with Gasteiger partial charge in [-0.25, -0.2) is 0 Å². The Kier molecular flexibility index (Phi) is 5.92. The van der Waals surface area contributed by atoms with E-state index in [1.807, 2.05) is 0 Å². The van der Waals surface area contributed by atoms with Crippen molar-refractivity contribution < 1.29 is 19.2 Å². The zero-order valence-corrected chi connectivity index (χ0v) is 8.75. The van der Waals surface area contributed by atoms with Gasteiger partial charge in [-0.3, -0.25) is 19.2 Å². The van der Waals surface area contributed by atoms with E-state index < -0.39 is 11.8 Å². The molecule has 0 saturated carbocycles. The number of hydrogen-bond acceptors (Lipinski definition) is 4. The van der Waals surface area contributed by atoms with Crippen LogP contribution in [0, 0.1) is 0 Å². The van der Waals surface area contributed by atoms with Crippen LogP contribution in [-0.4, -0.2) is 36.5 Å². The van der Waals surface area contributed by atoms with E-state index in [-0.39, 0.29) is 31.1 Å². The second kappa shape index (κ2) is 6.69. The highest BCUT2D eigenvalue weighted by molar-refractivity contribution is 5.99. The Morgan fingerprint density at radius 1 is 0.800 bits per heavy atom. The standard InChI is InChI=1S/C9H14N2O4/c1-6(12)4-10-8(14)3-9(15)11-5-7(2)13/h3-5H2,1-2H3,(H,10,14)(H,11,15). The second-order valence-corrected chi connectivity index (χ2v) is 3.13. The molecule has 0 spiro atoms. The van der Waals surface area contributed by atoms with Gasteiger partial charge < -0.3 is 10.6 Å². The minimum Gasteiger partial charge on any atom is -0.349 e. The number of rotatable bonds is 6. The largest absolute Gasteiger partial charge is 0.349 e. The zero-order valence-electron chi connectivity index (χ0n) is 8.75. The van der Waals surface area contributed by atoms with Gasteiger partial charge in [0.1, 0.15) is 18.0 Å². The molecule has 0 aliphatic heterocycles. The molecule has 6 heteroatoms. The first-order valence-corrected chi connectivity index (χ1v) is 4.44. The van der Waals surface area contributed by atoms with Crippen LogP contribution in [0.15, 0.2) is 0 Å². The SMILES string of the molecule is CC(=O)CNC(=O)CC(=O)NCC(C)=O. The summed E-state index contributed by atoms with van der Waals surface area (Å²) in [5.41, 5.74) is 0.